The number of hydrogen-bond acceptors (Lipinski definition) is 2. The summed E-state index contributed by atoms with van der Waals surface area (Å²) in [7, 11) is 0. The number of nitrogens with one attached hydrogen (secondary N) is 1. The number of nitrogens with zero attached hydrogens (tertiary/aromatic N) is 1. The summed E-state index contributed by atoms with van der Waals surface area (Å²) in [6, 6.07) is 5.64. The van der Waals surface area contributed by atoms with Gasteiger partial charge in [0.25, 0.3) is 0 Å². The standard InChI is InChI=1S/C14H21FN2/c1-3-16-13-5-4-8-17(10-13)14-7-6-12(15)9-11(14)2/h6-7,9,13,16H,3-5,8,10H2,1-2H3. The third-order valence-corrected chi connectivity index (χ3v) is 3.41. The van der Waals surface area contributed by atoms with Crippen LogP contribution < -0.4 is 10.2 Å². The maximum atomic E-state index is 13.1. The largest absolute Gasteiger partial charge is 0.370 e. The van der Waals surface area contributed by atoms with E-state index in [4.69, 9.17) is 0 Å². The number of rotatable bonds is 3. The lowest BCUT2D eigenvalue weighted by molar-refractivity contribution is 0.431. The maximum Gasteiger partial charge on any atom is 0.123 e. The van der Waals surface area contributed by atoms with Crippen molar-refractivity contribution in [3.8, 4) is 0 Å². The monoisotopic (exact) mass is 236 g/mol. The maximum absolute atomic E-state index is 13.1. The second kappa shape index (κ2) is 5.50. The Bertz CT molecular complexity index is 376. The van der Waals surface area contributed by atoms with Crippen molar-refractivity contribution in [2.45, 2.75) is 32.7 Å². The fraction of sp³-hybridized carbons (Fsp3) is 0.571. The van der Waals surface area contributed by atoms with Gasteiger partial charge in [0.2, 0.25) is 0 Å². The summed E-state index contributed by atoms with van der Waals surface area (Å²) in [5.74, 6) is -0.147. The molecule has 0 saturated carbocycles. The normalized spacial score (nSPS) is 20.6. The molecule has 94 valence electrons. The molecule has 17 heavy (non-hydrogen) atoms. The summed E-state index contributed by atoms with van der Waals surface area (Å²) in [6.07, 6.45) is 2.44. The minimum absolute atomic E-state index is 0.147. The quantitative estimate of drug-likeness (QED) is 0.868. The Morgan fingerprint density at radius 1 is 1.47 bits per heavy atom. The van der Waals surface area contributed by atoms with Crippen LogP contribution >= 0.6 is 0 Å². The third kappa shape index (κ3) is 2.97. The first kappa shape index (κ1) is 12.4. The molecule has 1 atom stereocenters. The summed E-state index contributed by atoms with van der Waals surface area (Å²) in [5, 5.41) is 3.50. The van der Waals surface area contributed by atoms with Gasteiger partial charge in [-0.15, -0.1) is 0 Å². The smallest absolute Gasteiger partial charge is 0.123 e. The summed E-state index contributed by atoms with van der Waals surface area (Å²) in [5.41, 5.74) is 2.20. The number of likely N-dealkylation sites (N-methyl/N-ethyl adjacent to an activating group) is 1. The number of benzene rings is 1. The fourth-order valence-corrected chi connectivity index (χ4v) is 2.62. The summed E-state index contributed by atoms with van der Waals surface area (Å²) >= 11 is 0. The van der Waals surface area contributed by atoms with Gasteiger partial charge in [-0.05, 0) is 50.1 Å². The highest BCUT2D eigenvalue weighted by Gasteiger charge is 2.20. The van der Waals surface area contributed by atoms with E-state index < -0.39 is 0 Å². The van der Waals surface area contributed by atoms with Gasteiger partial charge in [0.15, 0.2) is 0 Å². The van der Waals surface area contributed by atoms with Crippen molar-refractivity contribution >= 4 is 5.69 Å². The number of hydrogen-bond donors (Lipinski definition) is 1. The van der Waals surface area contributed by atoms with Gasteiger partial charge in [-0.1, -0.05) is 6.92 Å². The summed E-state index contributed by atoms with van der Waals surface area (Å²) in [4.78, 5) is 2.37. The average molecular weight is 236 g/mol. The second-order valence-electron chi connectivity index (χ2n) is 4.77. The topological polar surface area (TPSA) is 15.3 Å². The van der Waals surface area contributed by atoms with Crippen LogP contribution in [0.25, 0.3) is 0 Å². The number of aryl methyl sites for hydroxylation is 1. The number of halogens is 1. The molecule has 2 nitrogen and oxygen atoms in total. The SMILES string of the molecule is CCNC1CCCN(c2ccc(F)cc2C)C1. The van der Waals surface area contributed by atoms with Crippen LogP contribution in [0.1, 0.15) is 25.3 Å². The van der Waals surface area contributed by atoms with Gasteiger partial charge in [-0.25, -0.2) is 4.39 Å². The van der Waals surface area contributed by atoms with E-state index in [9.17, 15) is 4.39 Å². The molecule has 0 aliphatic carbocycles. The van der Waals surface area contributed by atoms with E-state index in [0.29, 0.717) is 6.04 Å². The van der Waals surface area contributed by atoms with E-state index in [0.717, 1.165) is 25.2 Å². The highest BCUT2D eigenvalue weighted by molar-refractivity contribution is 5.53. The van der Waals surface area contributed by atoms with Crippen molar-refractivity contribution in [3.05, 3.63) is 29.6 Å². The van der Waals surface area contributed by atoms with E-state index in [1.165, 1.54) is 18.5 Å². The molecule has 0 amide bonds. The summed E-state index contributed by atoms with van der Waals surface area (Å²) < 4.78 is 13.1. The molecule has 0 radical (unpaired) electrons. The molecule has 2 rings (SSSR count). The number of piperidine rings is 1. The first-order valence-electron chi connectivity index (χ1n) is 6.45. The lowest BCUT2D eigenvalue weighted by Gasteiger charge is -2.35. The molecule has 3 heteroatoms. The molecule has 1 aromatic rings. The van der Waals surface area contributed by atoms with E-state index in [2.05, 4.69) is 17.1 Å². The number of anilines is 1. The average Bonchev–Trinajstić information content (AvgIpc) is 2.29. The van der Waals surface area contributed by atoms with Crippen LogP contribution in [0.2, 0.25) is 0 Å². The fourth-order valence-electron chi connectivity index (χ4n) is 2.62. The molecule has 0 bridgehead atoms. The zero-order valence-electron chi connectivity index (χ0n) is 10.7. The van der Waals surface area contributed by atoms with Gasteiger partial charge in [0, 0.05) is 24.8 Å². The van der Waals surface area contributed by atoms with Crippen molar-refractivity contribution in [2.24, 2.45) is 0 Å². The lowest BCUT2D eigenvalue weighted by atomic mass is 10.0. The van der Waals surface area contributed by atoms with E-state index >= 15 is 0 Å². The molecular formula is C14H21FN2. The van der Waals surface area contributed by atoms with Crippen molar-refractivity contribution in [3.63, 3.8) is 0 Å². The van der Waals surface area contributed by atoms with Crippen molar-refractivity contribution < 1.29 is 4.39 Å². The molecule has 1 N–H and O–H groups in total. The molecule has 1 aromatic carbocycles. The Morgan fingerprint density at radius 3 is 3.00 bits per heavy atom. The molecule has 1 unspecified atom stereocenters. The van der Waals surface area contributed by atoms with Crippen LogP contribution in [-0.4, -0.2) is 25.7 Å². The van der Waals surface area contributed by atoms with E-state index in [-0.39, 0.29) is 5.82 Å². The second-order valence-corrected chi connectivity index (χ2v) is 4.77. The molecule has 1 saturated heterocycles. The van der Waals surface area contributed by atoms with E-state index in [1.54, 1.807) is 12.1 Å². The predicted molar refractivity (Wildman–Crippen MR) is 70.0 cm³/mol. The molecule has 1 heterocycles. The zero-order chi connectivity index (χ0) is 12.3. The van der Waals surface area contributed by atoms with Gasteiger partial charge < -0.3 is 10.2 Å². The van der Waals surface area contributed by atoms with Crippen molar-refractivity contribution in [1.29, 1.82) is 0 Å². The van der Waals surface area contributed by atoms with Crippen molar-refractivity contribution in [1.82, 2.24) is 5.32 Å². The Hall–Kier alpha value is -1.09. The molecule has 0 aromatic heterocycles. The molecular weight excluding hydrogens is 215 g/mol. The van der Waals surface area contributed by atoms with E-state index in [1.807, 2.05) is 13.0 Å². The first-order chi connectivity index (χ1) is 8.20. The van der Waals surface area contributed by atoms with Gasteiger partial charge in [0.1, 0.15) is 5.82 Å². The molecule has 1 aliphatic heterocycles. The minimum atomic E-state index is -0.147. The van der Waals surface area contributed by atoms with Gasteiger partial charge in [0.05, 0.1) is 0 Å². The van der Waals surface area contributed by atoms with Gasteiger partial charge >= 0.3 is 0 Å². The Balaban J connectivity index is 2.10. The molecule has 1 aliphatic rings. The Kier molecular flexibility index (Phi) is 4.00. The van der Waals surface area contributed by atoms with Gasteiger partial charge in [-0.2, -0.15) is 0 Å². The predicted octanol–water partition coefficient (Wildman–Crippen LogP) is 2.71. The van der Waals surface area contributed by atoms with Crippen LogP contribution in [0.15, 0.2) is 18.2 Å². The van der Waals surface area contributed by atoms with Crippen LogP contribution in [0.3, 0.4) is 0 Å². The van der Waals surface area contributed by atoms with Crippen LogP contribution in [0, 0.1) is 12.7 Å². The van der Waals surface area contributed by atoms with Crippen LogP contribution in [0.4, 0.5) is 10.1 Å². The Labute approximate surface area is 103 Å². The molecule has 1 fully saturated rings. The molecule has 0 spiro atoms. The highest BCUT2D eigenvalue weighted by Crippen LogP contribution is 2.24. The third-order valence-electron chi connectivity index (χ3n) is 3.41. The van der Waals surface area contributed by atoms with Crippen molar-refractivity contribution in [2.75, 3.05) is 24.5 Å². The lowest BCUT2D eigenvalue weighted by Crippen LogP contribution is -2.45. The zero-order valence-corrected chi connectivity index (χ0v) is 10.7. The summed E-state index contributed by atoms with van der Waals surface area (Å²) in [6.45, 7) is 7.24. The minimum Gasteiger partial charge on any atom is -0.370 e. The Morgan fingerprint density at radius 2 is 2.29 bits per heavy atom. The first-order valence-corrected chi connectivity index (χ1v) is 6.45. The van der Waals surface area contributed by atoms with Crippen LogP contribution in [0.5, 0.6) is 0 Å². The van der Waals surface area contributed by atoms with Gasteiger partial charge in [-0.3, -0.25) is 0 Å². The van der Waals surface area contributed by atoms with Crippen LogP contribution in [-0.2, 0) is 0 Å². The highest BCUT2D eigenvalue weighted by atomic mass is 19.1.